The molecule has 5 heteroatoms. The average Bonchev–Trinajstić information content (AvgIpc) is 2.27. The number of aromatic amines is 1. The van der Waals surface area contributed by atoms with Gasteiger partial charge >= 0.3 is 5.69 Å². The number of H-pyrrole nitrogens is 1. The Morgan fingerprint density at radius 1 is 1.18 bits per heavy atom. The van der Waals surface area contributed by atoms with Crippen LogP contribution in [0.2, 0.25) is 0 Å². The molecule has 1 aromatic carbocycles. The molecule has 0 unspecified atom stereocenters. The minimum absolute atomic E-state index is 0.331. The summed E-state index contributed by atoms with van der Waals surface area (Å²) >= 11 is 0. The van der Waals surface area contributed by atoms with Crippen molar-refractivity contribution in [3.05, 3.63) is 62.2 Å². The van der Waals surface area contributed by atoms with Crippen LogP contribution in [0.25, 0.3) is 5.69 Å². The van der Waals surface area contributed by atoms with E-state index < -0.39 is 11.2 Å². The Morgan fingerprint density at radius 2 is 1.88 bits per heavy atom. The van der Waals surface area contributed by atoms with Gasteiger partial charge in [0, 0.05) is 11.8 Å². The smallest absolute Gasteiger partial charge is 0.273 e. The molecule has 0 aliphatic heterocycles. The van der Waals surface area contributed by atoms with Crippen LogP contribution in [-0.4, -0.2) is 9.55 Å². The van der Waals surface area contributed by atoms with Crippen molar-refractivity contribution in [2.24, 2.45) is 0 Å². The number of nitrogens with zero attached hydrogens (tertiary/aromatic N) is 1. The van der Waals surface area contributed by atoms with Crippen molar-refractivity contribution >= 4 is 0 Å². The molecule has 0 atom stereocenters. The molecule has 1 aromatic heterocycles. The lowest BCUT2D eigenvalue weighted by molar-refractivity contribution is 0.618. The maximum atomic E-state index is 13.1. The van der Waals surface area contributed by atoms with Crippen molar-refractivity contribution < 1.29 is 4.39 Å². The molecule has 0 aliphatic rings. The number of hydrogen-bond donors (Lipinski definition) is 1. The van der Waals surface area contributed by atoms with E-state index in [1.165, 1.54) is 22.9 Å². The Morgan fingerprint density at radius 3 is 2.53 bits per heavy atom. The summed E-state index contributed by atoms with van der Waals surface area (Å²) in [5.41, 5.74) is 0.440. The monoisotopic (exact) mass is 234 g/mol. The minimum Gasteiger partial charge on any atom is -0.273 e. The molecule has 88 valence electrons. The van der Waals surface area contributed by atoms with Crippen molar-refractivity contribution in [3.63, 3.8) is 0 Å². The molecule has 1 heterocycles. The molecule has 0 spiro atoms. The van der Waals surface area contributed by atoms with Crippen LogP contribution in [0.3, 0.4) is 0 Å². The predicted octanol–water partition coefficient (Wildman–Crippen LogP) is 1.28. The standard InChI is InChI=1S/C12H11FN2O2/c1-7-5-9(3-4-10(7)13)15-6-8(2)11(16)14-12(15)17/h3-6H,1-2H3,(H,14,16,17). The van der Waals surface area contributed by atoms with Gasteiger partial charge in [-0.3, -0.25) is 14.3 Å². The largest absolute Gasteiger partial charge is 0.332 e. The summed E-state index contributed by atoms with van der Waals surface area (Å²) in [6.07, 6.45) is 1.44. The normalized spacial score (nSPS) is 10.5. The van der Waals surface area contributed by atoms with Gasteiger partial charge in [0.05, 0.1) is 5.69 Å². The molecule has 0 bridgehead atoms. The number of aromatic nitrogens is 2. The first kappa shape index (κ1) is 11.3. The second kappa shape index (κ2) is 4.01. The van der Waals surface area contributed by atoms with E-state index in [0.717, 1.165) is 0 Å². The van der Waals surface area contributed by atoms with E-state index in [1.54, 1.807) is 19.9 Å². The zero-order valence-electron chi connectivity index (χ0n) is 9.45. The van der Waals surface area contributed by atoms with E-state index in [0.29, 0.717) is 16.8 Å². The highest BCUT2D eigenvalue weighted by atomic mass is 19.1. The molecule has 17 heavy (non-hydrogen) atoms. The lowest BCUT2D eigenvalue weighted by Crippen LogP contribution is -2.29. The van der Waals surface area contributed by atoms with Crippen LogP contribution < -0.4 is 11.2 Å². The van der Waals surface area contributed by atoms with E-state index in [1.807, 2.05) is 0 Å². The fraction of sp³-hybridized carbons (Fsp3) is 0.167. The van der Waals surface area contributed by atoms with Crippen LogP contribution in [0.1, 0.15) is 11.1 Å². The Labute approximate surface area is 96.4 Å². The fourth-order valence-electron chi connectivity index (χ4n) is 1.54. The number of benzene rings is 1. The first-order valence-electron chi connectivity index (χ1n) is 5.08. The van der Waals surface area contributed by atoms with Crippen LogP contribution >= 0.6 is 0 Å². The van der Waals surface area contributed by atoms with Gasteiger partial charge in [0.1, 0.15) is 5.82 Å². The number of aryl methyl sites for hydroxylation is 2. The summed E-state index contributed by atoms with van der Waals surface area (Å²) in [7, 11) is 0. The van der Waals surface area contributed by atoms with E-state index in [4.69, 9.17) is 0 Å². The van der Waals surface area contributed by atoms with E-state index in [2.05, 4.69) is 4.98 Å². The van der Waals surface area contributed by atoms with E-state index in [9.17, 15) is 14.0 Å². The summed E-state index contributed by atoms with van der Waals surface area (Å²) in [5.74, 6) is -0.331. The van der Waals surface area contributed by atoms with Gasteiger partial charge in [-0.2, -0.15) is 0 Å². The Hall–Kier alpha value is -2.17. The third-order valence-corrected chi connectivity index (χ3v) is 2.54. The van der Waals surface area contributed by atoms with Gasteiger partial charge < -0.3 is 0 Å². The van der Waals surface area contributed by atoms with Crippen LogP contribution in [0.4, 0.5) is 4.39 Å². The first-order valence-corrected chi connectivity index (χ1v) is 5.08. The Balaban J connectivity index is 2.68. The molecule has 1 N–H and O–H groups in total. The van der Waals surface area contributed by atoms with Gasteiger partial charge in [0.2, 0.25) is 0 Å². The van der Waals surface area contributed by atoms with Gasteiger partial charge in [0.25, 0.3) is 5.56 Å². The molecular weight excluding hydrogens is 223 g/mol. The summed E-state index contributed by atoms with van der Waals surface area (Å²) in [4.78, 5) is 25.0. The summed E-state index contributed by atoms with van der Waals surface area (Å²) in [5, 5.41) is 0. The second-order valence-electron chi connectivity index (χ2n) is 3.87. The van der Waals surface area contributed by atoms with Gasteiger partial charge in [-0.05, 0) is 37.6 Å². The van der Waals surface area contributed by atoms with E-state index in [-0.39, 0.29) is 5.82 Å². The quantitative estimate of drug-likeness (QED) is 0.808. The van der Waals surface area contributed by atoms with Gasteiger partial charge in [-0.15, -0.1) is 0 Å². The lowest BCUT2D eigenvalue weighted by atomic mass is 10.2. The van der Waals surface area contributed by atoms with Crippen LogP contribution in [0, 0.1) is 19.7 Å². The molecule has 2 aromatic rings. The number of halogens is 1. The molecule has 0 fully saturated rings. The van der Waals surface area contributed by atoms with Crippen molar-refractivity contribution in [1.29, 1.82) is 0 Å². The molecule has 0 saturated heterocycles. The summed E-state index contributed by atoms with van der Waals surface area (Å²) in [6, 6.07) is 4.33. The molecule has 4 nitrogen and oxygen atoms in total. The molecule has 0 aliphatic carbocycles. The number of nitrogens with one attached hydrogen (secondary N) is 1. The minimum atomic E-state index is -0.536. The highest BCUT2D eigenvalue weighted by molar-refractivity contribution is 5.36. The summed E-state index contributed by atoms with van der Waals surface area (Å²) < 4.78 is 14.4. The first-order chi connectivity index (χ1) is 7.99. The molecule has 2 rings (SSSR count). The number of hydrogen-bond acceptors (Lipinski definition) is 2. The molecule has 0 amide bonds. The molecule has 0 radical (unpaired) electrons. The van der Waals surface area contributed by atoms with Gasteiger partial charge in [0.15, 0.2) is 0 Å². The van der Waals surface area contributed by atoms with Crippen molar-refractivity contribution in [3.8, 4) is 5.69 Å². The number of rotatable bonds is 1. The predicted molar refractivity (Wildman–Crippen MR) is 62.1 cm³/mol. The maximum absolute atomic E-state index is 13.1. The van der Waals surface area contributed by atoms with Gasteiger partial charge in [-0.1, -0.05) is 0 Å². The Bertz CT molecular complexity index is 686. The lowest BCUT2D eigenvalue weighted by Gasteiger charge is -2.07. The van der Waals surface area contributed by atoms with Gasteiger partial charge in [-0.25, -0.2) is 9.18 Å². The highest BCUT2D eigenvalue weighted by Gasteiger charge is 2.05. The third kappa shape index (κ3) is 2.04. The second-order valence-corrected chi connectivity index (χ2v) is 3.87. The van der Waals surface area contributed by atoms with Crippen molar-refractivity contribution in [1.82, 2.24) is 9.55 Å². The summed E-state index contributed by atoms with van der Waals surface area (Å²) in [6.45, 7) is 3.22. The average molecular weight is 234 g/mol. The van der Waals surface area contributed by atoms with Crippen LogP contribution in [0.15, 0.2) is 34.0 Å². The zero-order valence-corrected chi connectivity index (χ0v) is 9.45. The van der Waals surface area contributed by atoms with Crippen molar-refractivity contribution in [2.75, 3.05) is 0 Å². The van der Waals surface area contributed by atoms with Crippen LogP contribution in [-0.2, 0) is 0 Å². The van der Waals surface area contributed by atoms with Crippen molar-refractivity contribution in [2.45, 2.75) is 13.8 Å². The molecular formula is C12H11FN2O2. The third-order valence-electron chi connectivity index (χ3n) is 2.54. The fourth-order valence-corrected chi connectivity index (χ4v) is 1.54. The van der Waals surface area contributed by atoms with Crippen LogP contribution in [0.5, 0.6) is 0 Å². The highest BCUT2D eigenvalue weighted by Crippen LogP contribution is 2.11. The Kier molecular flexibility index (Phi) is 2.67. The van der Waals surface area contributed by atoms with E-state index >= 15 is 0 Å². The topological polar surface area (TPSA) is 54.9 Å². The zero-order chi connectivity index (χ0) is 12.6. The maximum Gasteiger partial charge on any atom is 0.332 e. The SMILES string of the molecule is Cc1cc(-n2cc(C)c(=O)[nH]c2=O)ccc1F. The molecule has 0 saturated carbocycles.